The van der Waals surface area contributed by atoms with Crippen LogP contribution in [0, 0.1) is 17.2 Å². The lowest BCUT2D eigenvalue weighted by Crippen LogP contribution is -2.53. The van der Waals surface area contributed by atoms with Gasteiger partial charge in [-0.1, -0.05) is 26.7 Å². The molecule has 1 rings (SSSR count). The molecule has 1 aliphatic rings. The molecular formula is C15H27N3O2. The van der Waals surface area contributed by atoms with Crippen LogP contribution in [-0.2, 0) is 4.79 Å². The second-order valence-electron chi connectivity index (χ2n) is 6.35. The van der Waals surface area contributed by atoms with Gasteiger partial charge in [-0.15, -0.1) is 0 Å². The van der Waals surface area contributed by atoms with Crippen molar-refractivity contribution < 1.29 is 9.90 Å². The average molecular weight is 281 g/mol. The SMILES string of the molecule is CC(C)C(C)(C#N)NC(=O)CN(C)C1CCCCC1O. The van der Waals surface area contributed by atoms with Crippen molar-refractivity contribution in [2.24, 2.45) is 5.92 Å². The molecule has 0 radical (unpaired) electrons. The van der Waals surface area contributed by atoms with Crippen molar-refractivity contribution in [3.05, 3.63) is 0 Å². The molecule has 5 nitrogen and oxygen atoms in total. The lowest BCUT2D eigenvalue weighted by atomic mass is 9.90. The monoisotopic (exact) mass is 281 g/mol. The number of likely N-dealkylation sites (N-methyl/N-ethyl adjacent to an activating group) is 1. The number of aliphatic hydroxyl groups excluding tert-OH is 1. The van der Waals surface area contributed by atoms with E-state index >= 15 is 0 Å². The first-order valence-electron chi connectivity index (χ1n) is 7.40. The van der Waals surface area contributed by atoms with E-state index in [1.807, 2.05) is 25.8 Å². The summed E-state index contributed by atoms with van der Waals surface area (Å²) in [6.07, 6.45) is 3.52. The highest BCUT2D eigenvalue weighted by Crippen LogP contribution is 2.22. The molecule has 0 aromatic carbocycles. The van der Waals surface area contributed by atoms with E-state index in [0.717, 1.165) is 25.7 Å². The van der Waals surface area contributed by atoms with E-state index in [-0.39, 0.29) is 30.5 Å². The molecule has 0 saturated heterocycles. The zero-order chi connectivity index (χ0) is 15.3. The Morgan fingerprint density at radius 3 is 2.60 bits per heavy atom. The van der Waals surface area contributed by atoms with Crippen molar-refractivity contribution in [2.45, 2.75) is 64.1 Å². The van der Waals surface area contributed by atoms with Crippen LogP contribution < -0.4 is 5.32 Å². The van der Waals surface area contributed by atoms with Crippen LogP contribution in [0.2, 0.25) is 0 Å². The largest absolute Gasteiger partial charge is 0.391 e. The van der Waals surface area contributed by atoms with Crippen LogP contribution in [0.15, 0.2) is 0 Å². The lowest BCUT2D eigenvalue weighted by Gasteiger charge is -2.35. The van der Waals surface area contributed by atoms with Crippen LogP contribution in [0.1, 0.15) is 46.5 Å². The second kappa shape index (κ2) is 7.05. The Kier molecular flexibility index (Phi) is 5.97. The lowest BCUT2D eigenvalue weighted by molar-refractivity contribution is -0.124. The number of rotatable bonds is 5. The van der Waals surface area contributed by atoms with Gasteiger partial charge in [-0.3, -0.25) is 9.69 Å². The van der Waals surface area contributed by atoms with Crippen LogP contribution in [0.25, 0.3) is 0 Å². The molecule has 5 heteroatoms. The number of nitriles is 1. The summed E-state index contributed by atoms with van der Waals surface area (Å²) < 4.78 is 0. The zero-order valence-corrected chi connectivity index (χ0v) is 13.0. The van der Waals surface area contributed by atoms with Crippen molar-refractivity contribution >= 4 is 5.91 Å². The van der Waals surface area contributed by atoms with Gasteiger partial charge in [-0.2, -0.15) is 5.26 Å². The number of carbonyl (C=O) groups is 1. The van der Waals surface area contributed by atoms with Crippen molar-refractivity contribution in [3.63, 3.8) is 0 Å². The van der Waals surface area contributed by atoms with Crippen molar-refractivity contribution in [2.75, 3.05) is 13.6 Å². The Labute approximate surface area is 122 Å². The molecule has 114 valence electrons. The topological polar surface area (TPSA) is 76.4 Å². The summed E-state index contributed by atoms with van der Waals surface area (Å²) in [7, 11) is 1.86. The maximum absolute atomic E-state index is 12.1. The Morgan fingerprint density at radius 1 is 1.50 bits per heavy atom. The summed E-state index contributed by atoms with van der Waals surface area (Å²) in [6, 6.07) is 2.21. The molecule has 1 aliphatic carbocycles. The minimum Gasteiger partial charge on any atom is -0.391 e. The smallest absolute Gasteiger partial charge is 0.235 e. The molecule has 0 bridgehead atoms. The van der Waals surface area contributed by atoms with Gasteiger partial charge in [0.15, 0.2) is 0 Å². The first kappa shape index (κ1) is 16.9. The number of hydrogen-bond donors (Lipinski definition) is 2. The highest BCUT2D eigenvalue weighted by Gasteiger charge is 2.32. The molecule has 0 aliphatic heterocycles. The van der Waals surface area contributed by atoms with Crippen molar-refractivity contribution in [3.8, 4) is 6.07 Å². The fourth-order valence-electron chi connectivity index (χ4n) is 2.58. The maximum Gasteiger partial charge on any atom is 0.235 e. The van der Waals surface area contributed by atoms with E-state index in [1.165, 1.54) is 0 Å². The summed E-state index contributed by atoms with van der Waals surface area (Å²) >= 11 is 0. The van der Waals surface area contributed by atoms with E-state index in [0.29, 0.717) is 0 Å². The van der Waals surface area contributed by atoms with Crippen LogP contribution in [0.3, 0.4) is 0 Å². The average Bonchev–Trinajstić information content (AvgIpc) is 2.38. The number of hydrogen-bond acceptors (Lipinski definition) is 4. The number of carbonyl (C=O) groups excluding carboxylic acids is 1. The number of nitrogens with zero attached hydrogens (tertiary/aromatic N) is 2. The van der Waals surface area contributed by atoms with E-state index in [9.17, 15) is 15.2 Å². The quantitative estimate of drug-likeness (QED) is 0.796. The van der Waals surface area contributed by atoms with E-state index < -0.39 is 5.54 Å². The van der Waals surface area contributed by atoms with Gasteiger partial charge in [-0.05, 0) is 32.7 Å². The van der Waals surface area contributed by atoms with Crippen LogP contribution in [0.5, 0.6) is 0 Å². The maximum atomic E-state index is 12.1. The summed E-state index contributed by atoms with van der Waals surface area (Å²) in [4.78, 5) is 14.0. The van der Waals surface area contributed by atoms with Crippen molar-refractivity contribution in [1.82, 2.24) is 10.2 Å². The van der Waals surface area contributed by atoms with Gasteiger partial charge >= 0.3 is 0 Å². The summed E-state index contributed by atoms with van der Waals surface area (Å²) in [5.41, 5.74) is -0.844. The molecule has 1 saturated carbocycles. The first-order valence-corrected chi connectivity index (χ1v) is 7.40. The van der Waals surface area contributed by atoms with Gasteiger partial charge in [0.2, 0.25) is 5.91 Å². The number of aliphatic hydroxyl groups is 1. The second-order valence-corrected chi connectivity index (χ2v) is 6.35. The van der Waals surface area contributed by atoms with Crippen LogP contribution in [0.4, 0.5) is 0 Å². The Hall–Kier alpha value is -1.12. The minimum atomic E-state index is -0.844. The fraction of sp³-hybridized carbons (Fsp3) is 0.867. The molecule has 3 atom stereocenters. The predicted molar refractivity (Wildman–Crippen MR) is 77.9 cm³/mol. The van der Waals surface area contributed by atoms with E-state index in [1.54, 1.807) is 6.92 Å². The fourth-order valence-corrected chi connectivity index (χ4v) is 2.58. The van der Waals surface area contributed by atoms with Crippen LogP contribution >= 0.6 is 0 Å². The molecule has 1 amide bonds. The standard InChI is InChI=1S/C15H27N3O2/c1-11(2)15(3,10-16)17-14(20)9-18(4)12-7-5-6-8-13(12)19/h11-13,19H,5-9H2,1-4H3,(H,17,20). The van der Waals surface area contributed by atoms with E-state index in [4.69, 9.17) is 0 Å². The Balaban J connectivity index is 2.55. The number of amides is 1. The third-order valence-corrected chi connectivity index (χ3v) is 4.44. The van der Waals surface area contributed by atoms with Gasteiger partial charge in [0.1, 0.15) is 5.54 Å². The normalized spacial score (nSPS) is 26.1. The Morgan fingerprint density at radius 2 is 2.10 bits per heavy atom. The van der Waals surface area contributed by atoms with Crippen molar-refractivity contribution in [1.29, 1.82) is 5.26 Å². The third kappa shape index (κ3) is 4.19. The van der Waals surface area contributed by atoms with Gasteiger partial charge in [0.25, 0.3) is 0 Å². The highest BCUT2D eigenvalue weighted by atomic mass is 16.3. The molecule has 3 unspecified atom stereocenters. The zero-order valence-electron chi connectivity index (χ0n) is 13.0. The molecule has 0 heterocycles. The third-order valence-electron chi connectivity index (χ3n) is 4.44. The van der Waals surface area contributed by atoms with Crippen LogP contribution in [-0.4, -0.2) is 47.2 Å². The van der Waals surface area contributed by atoms with Gasteiger partial charge in [-0.25, -0.2) is 0 Å². The molecule has 1 fully saturated rings. The molecule has 2 N–H and O–H groups in total. The van der Waals surface area contributed by atoms with E-state index in [2.05, 4.69) is 11.4 Å². The molecule has 0 aromatic heterocycles. The molecular weight excluding hydrogens is 254 g/mol. The molecule has 0 spiro atoms. The van der Waals surface area contributed by atoms with Gasteiger partial charge in [0.05, 0.1) is 18.7 Å². The number of nitrogens with one attached hydrogen (secondary N) is 1. The first-order chi connectivity index (χ1) is 9.30. The van der Waals surface area contributed by atoms with Gasteiger partial charge < -0.3 is 10.4 Å². The summed E-state index contributed by atoms with van der Waals surface area (Å²) in [6.45, 7) is 5.78. The molecule has 0 aromatic rings. The summed E-state index contributed by atoms with van der Waals surface area (Å²) in [5, 5.41) is 22.0. The summed E-state index contributed by atoms with van der Waals surface area (Å²) in [5.74, 6) is -0.120. The molecule has 20 heavy (non-hydrogen) atoms. The Bertz CT molecular complexity index is 378. The highest BCUT2D eigenvalue weighted by molar-refractivity contribution is 5.79. The van der Waals surface area contributed by atoms with Gasteiger partial charge in [0, 0.05) is 6.04 Å². The predicted octanol–water partition coefficient (Wildman–Crippen LogP) is 1.28. The minimum absolute atomic E-state index is 0.0434.